The molecule has 3 unspecified atom stereocenters. The van der Waals surface area contributed by atoms with E-state index in [9.17, 15) is 4.79 Å². The first kappa shape index (κ1) is 13.2. The van der Waals surface area contributed by atoms with Crippen LogP contribution in [0, 0.1) is 5.92 Å². The number of amides is 1. The summed E-state index contributed by atoms with van der Waals surface area (Å²) in [5.74, 6) is 1.99. The van der Waals surface area contributed by atoms with Crippen molar-refractivity contribution in [3.63, 3.8) is 0 Å². The molecule has 0 aromatic carbocycles. The van der Waals surface area contributed by atoms with E-state index in [1.807, 2.05) is 0 Å². The van der Waals surface area contributed by atoms with E-state index in [1.54, 1.807) is 0 Å². The molecule has 2 aliphatic rings. The topological polar surface area (TPSA) is 32.3 Å². The van der Waals surface area contributed by atoms with E-state index in [1.165, 1.54) is 25.0 Å². The van der Waals surface area contributed by atoms with Crippen LogP contribution in [-0.2, 0) is 4.79 Å². The molecular weight excluding hydrogens is 232 g/mol. The molecule has 1 heterocycles. The minimum atomic E-state index is 0.262. The van der Waals surface area contributed by atoms with Gasteiger partial charge in [-0.15, -0.1) is 0 Å². The van der Waals surface area contributed by atoms with Gasteiger partial charge >= 0.3 is 0 Å². The molecule has 1 aliphatic carbocycles. The summed E-state index contributed by atoms with van der Waals surface area (Å²) in [6.07, 6.45) is 3.92. The zero-order valence-corrected chi connectivity index (χ0v) is 11.9. The summed E-state index contributed by atoms with van der Waals surface area (Å²) >= 11 is 2.05. The lowest BCUT2D eigenvalue weighted by Gasteiger charge is -2.32. The highest BCUT2D eigenvalue weighted by atomic mass is 32.2. The van der Waals surface area contributed by atoms with E-state index < -0.39 is 0 Å². The maximum absolute atomic E-state index is 12.0. The van der Waals surface area contributed by atoms with E-state index in [4.69, 9.17) is 0 Å². The quantitative estimate of drug-likeness (QED) is 0.836. The third-order valence-electron chi connectivity index (χ3n) is 3.83. The second kappa shape index (κ2) is 5.61. The van der Waals surface area contributed by atoms with Crippen molar-refractivity contribution in [2.24, 2.45) is 5.92 Å². The summed E-state index contributed by atoms with van der Waals surface area (Å²) in [5, 5.41) is 4.12. The first-order chi connectivity index (χ1) is 8.13. The molecule has 0 spiro atoms. The lowest BCUT2D eigenvalue weighted by molar-refractivity contribution is -0.130. The summed E-state index contributed by atoms with van der Waals surface area (Å²) in [6.45, 7) is 7.13. The Morgan fingerprint density at radius 2 is 2.24 bits per heavy atom. The minimum absolute atomic E-state index is 0.262. The van der Waals surface area contributed by atoms with Gasteiger partial charge in [0.05, 0.1) is 12.7 Å². The van der Waals surface area contributed by atoms with Crippen LogP contribution in [0.4, 0.5) is 0 Å². The first-order valence-corrected chi connectivity index (χ1v) is 7.84. The highest BCUT2D eigenvalue weighted by molar-refractivity contribution is 7.99. The number of hydrogen-bond donors (Lipinski definition) is 1. The summed E-state index contributed by atoms with van der Waals surface area (Å²) in [7, 11) is 0. The van der Waals surface area contributed by atoms with Gasteiger partial charge in [0.25, 0.3) is 0 Å². The van der Waals surface area contributed by atoms with E-state index in [0.717, 1.165) is 5.25 Å². The van der Waals surface area contributed by atoms with Crippen LogP contribution >= 0.6 is 11.8 Å². The Bertz CT molecular complexity index is 283. The fourth-order valence-electron chi connectivity index (χ4n) is 3.08. The maximum atomic E-state index is 12.0. The molecule has 0 aromatic rings. The maximum Gasteiger partial charge on any atom is 0.238 e. The number of rotatable bonds is 4. The van der Waals surface area contributed by atoms with Gasteiger partial charge in [0, 0.05) is 11.3 Å². The van der Waals surface area contributed by atoms with E-state index in [-0.39, 0.29) is 6.17 Å². The summed E-state index contributed by atoms with van der Waals surface area (Å²) in [6, 6.07) is 0.481. The number of nitrogens with zero attached hydrogens (tertiary/aromatic N) is 1. The second-order valence-electron chi connectivity index (χ2n) is 5.41. The Morgan fingerprint density at radius 3 is 2.88 bits per heavy atom. The molecule has 0 bridgehead atoms. The number of carbonyl (C=O) groups is 1. The fraction of sp³-hybridized carbons (Fsp3) is 0.923. The lowest BCUT2D eigenvalue weighted by atomic mass is 10.1. The Labute approximate surface area is 109 Å². The SMILES string of the molecule is CCSC1CCC(N2C(=O)CNC2C(C)C)C1. The van der Waals surface area contributed by atoms with E-state index in [2.05, 4.69) is 42.7 Å². The molecule has 17 heavy (non-hydrogen) atoms. The highest BCUT2D eigenvalue weighted by Crippen LogP contribution is 2.34. The van der Waals surface area contributed by atoms with Gasteiger partial charge in [-0.25, -0.2) is 0 Å². The third-order valence-corrected chi connectivity index (χ3v) is 5.07. The number of nitrogens with one attached hydrogen (secondary N) is 1. The monoisotopic (exact) mass is 256 g/mol. The molecule has 0 aromatic heterocycles. The Kier molecular flexibility index (Phi) is 4.36. The molecule has 1 N–H and O–H groups in total. The molecule has 1 saturated carbocycles. The van der Waals surface area contributed by atoms with Crippen molar-refractivity contribution in [2.45, 2.75) is 57.5 Å². The van der Waals surface area contributed by atoms with Crippen LogP contribution in [0.5, 0.6) is 0 Å². The van der Waals surface area contributed by atoms with Gasteiger partial charge < -0.3 is 4.90 Å². The molecule has 1 aliphatic heterocycles. The van der Waals surface area contributed by atoms with Crippen LogP contribution in [0.1, 0.15) is 40.0 Å². The van der Waals surface area contributed by atoms with Crippen LogP contribution in [0.25, 0.3) is 0 Å². The third kappa shape index (κ3) is 2.79. The zero-order valence-electron chi connectivity index (χ0n) is 11.1. The summed E-state index contributed by atoms with van der Waals surface area (Å²) in [5.41, 5.74) is 0. The average molecular weight is 256 g/mol. The van der Waals surface area contributed by atoms with Crippen LogP contribution in [-0.4, -0.2) is 40.6 Å². The molecular formula is C13H24N2OS. The standard InChI is InChI=1S/C13H24N2OS/c1-4-17-11-6-5-10(7-11)15-12(16)8-14-13(15)9(2)3/h9-11,13-14H,4-8H2,1-3H3. The van der Waals surface area contributed by atoms with Gasteiger partial charge in [-0.2, -0.15) is 11.8 Å². The van der Waals surface area contributed by atoms with Crippen molar-refractivity contribution in [3.05, 3.63) is 0 Å². The molecule has 3 atom stereocenters. The van der Waals surface area contributed by atoms with Gasteiger partial charge in [0.1, 0.15) is 0 Å². The summed E-state index contributed by atoms with van der Waals surface area (Å²) in [4.78, 5) is 14.1. The van der Waals surface area contributed by atoms with E-state index in [0.29, 0.717) is 24.4 Å². The molecule has 4 heteroatoms. The smallest absolute Gasteiger partial charge is 0.238 e. The van der Waals surface area contributed by atoms with Crippen LogP contribution in [0.2, 0.25) is 0 Å². The van der Waals surface area contributed by atoms with Gasteiger partial charge in [-0.1, -0.05) is 20.8 Å². The minimum Gasteiger partial charge on any atom is -0.323 e. The Morgan fingerprint density at radius 1 is 1.47 bits per heavy atom. The van der Waals surface area contributed by atoms with Crippen LogP contribution in [0.15, 0.2) is 0 Å². The van der Waals surface area contributed by atoms with Crippen molar-refractivity contribution in [1.29, 1.82) is 0 Å². The van der Waals surface area contributed by atoms with Gasteiger partial charge in [0.15, 0.2) is 0 Å². The Balaban J connectivity index is 1.98. The molecule has 98 valence electrons. The van der Waals surface area contributed by atoms with Gasteiger partial charge in [0.2, 0.25) is 5.91 Å². The van der Waals surface area contributed by atoms with Gasteiger partial charge in [-0.3, -0.25) is 10.1 Å². The number of thioether (sulfide) groups is 1. The first-order valence-electron chi connectivity index (χ1n) is 6.79. The fourth-order valence-corrected chi connectivity index (χ4v) is 4.21. The van der Waals surface area contributed by atoms with Gasteiger partial charge in [-0.05, 0) is 30.9 Å². The predicted octanol–water partition coefficient (Wildman–Crippen LogP) is 2.07. The van der Waals surface area contributed by atoms with E-state index >= 15 is 0 Å². The number of hydrogen-bond acceptors (Lipinski definition) is 3. The molecule has 2 fully saturated rings. The van der Waals surface area contributed by atoms with Crippen molar-refractivity contribution in [3.8, 4) is 0 Å². The zero-order chi connectivity index (χ0) is 12.4. The molecule has 3 nitrogen and oxygen atoms in total. The van der Waals surface area contributed by atoms with Crippen molar-refractivity contribution in [1.82, 2.24) is 10.2 Å². The van der Waals surface area contributed by atoms with Crippen LogP contribution < -0.4 is 5.32 Å². The largest absolute Gasteiger partial charge is 0.323 e. The Hall–Kier alpha value is -0.220. The van der Waals surface area contributed by atoms with Crippen molar-refractivity contribution >= 4 is 17.7 Å². The molecule has 1 saturated heterocycles. The molecule has 0 radical (unpaired) electrons. The lowest BCUT2D eigenvalue weighted by Crippen LogP contribution is -2.46. The predicted molar refractivity (Wildman–Crippen MR) is 73.0 cm³/mol. The summed E-state index contributed by atoms with van der Waals surface area (Å²) < 4.78 is 0. The van der Waals surface area contributed by atoms with Crippen molar-refractivity contribution in [2.75, 3.05) is 12.3 Å². The van der Waals surface area contributed by atoms with Crippen molar-refractivity contribution < 1.29 is 4.79 Å². The normalized spacial score (nSPS) is 34.0. The van der Waals surface area contributed by atoms with Crippen LogP contribution in [0.3, 0.4) is 0 Å². The number of carbonyl (C=O) groups excluding carboxylic acids is 1. The highest BCUT2D eigenvalue weighted by Gasteiger charge is 2.40. The second-order valence-corrected chi connectivity index (χ2v) is 6.99. The molecule has 1 amide bonds. The molecule has 2 rings (SSSR count). The average Bonchev–Trinajstić information content (AvgIpc) is 2.85.